The number of hydrogen-bond donors (Lipinski definition) is 1. The highest BCUT2D eigenvalue weighted by atomic mass is 32.2. The van der Waals surface area contributed by atoms with Gasteiger partial charge in [-0.2, -0.15) is 11.8 Å². The van der Waals surface area contributed by atoms with E-state index < -0.39 is 5.97 Å². The van der Waals surface area contributed by atoms with Gasteiger partial charge >= 0.3 is 5.97 Å². The van der Waals surface area contributed by atoms with Crippen molar-refractivity contribution in [3.8, 4) is 0 Å². The van der Waals surface area contributed by atoms with E-state index in [0.717, 1.165) is 6.41 Å². The Morgan fingerprint density at radius 2 is 1.89 bits per heavy atom. The van der Waals surface area contributed by atoms with Crippen LogP contribution in [0.25, 0.3) is 0 Å². The topological polar surface area (TPSA) is 77.9 Å². The Balaban J connectivity index is 2.10. The Hall–Kier alpha value is -1.24. The summed E-state index contributed by atoms with van der Waals surface area (Å²) in [6.45, 7) is 2.37. The number of nitrogens with zero attached hydrogens (tertiary/aromatic N) is 2. The molecule has 2 amide bonds. The Morgan fingerprint density at radius 3 is 2.44 bits per heavy atom. The average molecular weight is 274 g/mol. The fourth-order valence-electron chi connectivity index (χ4n) is 1.65. The van der Waals surface area contributed by atoms with E-state index in [1.54, 1.807) is 9.80 Å². The normalized spacial score (nSPS) is 15.6. The van der Waals surface area contributed by atoms with Gasteiger partial charge in [-0.15, -0.1) is 0 Å². The molecule has 1 aliphatic heterocycles. The molecule has 1 fully saturated rings. The number of carboxylic acid groups (broad SMARTS) is 1. The molecule has 6 nitrogen and oxygen atoms in total. The Kier molecular flexibility index (Phi) is 6.56. The number of carbonyl (C=O) groups is 3. The summed E-state index contributed by atoms with van der Waals surface area (Å²) in [5.41, 5.74) is 0. The van der Waals surface area contributed by atoms with E-state index in [2.05, 4.69) is 0 Å². The first-order chi connectivity index (χ1) is 8.63. The summed E-state index contributed by atoms with van der Waals surface area (Å²) in [6.07, 6.45) is 1.55. The zero-order chi connectivity index (χ0) is 13.4. The van der Waals surface area contributed by atoms with Crippen molar-refractivity contribution in [2.75, 3.05) is 37.7 Å². The Labute approximate surface area is 110 Å². The third-order valence-corrected chi connectivity index (χ3v) is 3.75. The summed E-state index contributed by atoms with van der Waals surface area (Å²) in [5, 5.41) is 8.46. The van der Waals surface area contributed by atoms with E-state index >= 15 is 0 Å². The highest BCUT2D eigenvalue weighted by molar-refractivity contribution is 7.99. The number of piperazine rings is 1. The zero-order valence-corrected chi connectivity index (χ0v) is 11.0. The van der Waals surface area contributed by atoms with Crippen molar-refractivity contribution in [2.24, 2.45) is 0 Å². The van der Waals surface area contributed by atoms with Gasteiger partial charge < -0.3 is 14.9 Å². The van der Waals surface area contributed by atoms with E-state index in [0.29, 0.717) is 44.1 Å². The van der Waals surface area contributed by atoms with Crippen LogP contribution < -0.4 is 0 Å². The quantitative estimate of drug-likeness (QED) is 0.517. The van der Waals surface area contributed by atoms with Gasteiger partial charge in [0.05, 0.1) is 5.75 Å². The highest BCUT2D eigenvalue weighted by Crippen LogP contribution is 2.08. The molecule has 0 atom stereocenters. The first-order valence-corrected chi connectivity index (χ1v) is 7.05. The molecule has 1 saturated heterocycles. The third-order valence-electron chi connectivity index (χ3n) is 2.72. The molecule has 1 heterocycles. The molecule has 0 bridgehead atoms. The maximum absolute atomic E-state index is 11.8. The van der Waals surface area contributed by atoms with Crippen LogP contribution >= 0.6 is 11.8 Å². The Morgan fingerprint density at radius 1 is 1.22 bits per heavy atom. The van der Waals surface area contributed by atoms with Crippen molar-refractivity contribution in [1.29, 1.82) is 0 Å². The molecule has 0 radical (unpaired) electrons. The van der Waals surface area contributed by atoms with Gasteiger partial charge in [-0.25, -0.2) is 0 Å². The van der Waals surface area contributed by atoms with Gasteiger partial charge in [0, 0.05) is 32.6 Å². The van der Waals surface area contributed by atoms with E-state index in [1.807, 2.05) is 0 Å². The molecule has 1 N–H and O–H groups in total. The maximum atomic E-state index is 11.8. The van der Waals surface area contributed by atoms with Crippen LogP contribution in [0.15, 0.2) is 0 Å². The molecule has 7 heteroatoms. The summed E-state index contributed by atoms with van der Waals surface area (Å²) >= 11 is 1.47. The van der Waals surface area contributed by atoms with Gasteiger partial charge in [-0.1, -0.05) is 0 Å². The van der Waals surface area contributed by atoms with Crippen molar-refractivity contribution in [2.45, 2.75) is 12.8 Å². The van der Waals surface area contributed by atoms with Crippen molar-refractivity contribution in [3.05, 3.63) is 0 Å². The van der Waals surface area contributed by atoms with Crippen LogP contribution in [-0.4, -0.2) is 70.9 Å². The lowest BCUT2D eigenvalue weighted by Gasteiger charge is -2.32. The van der Waals surface area contributed by atoms with Crippen LogP contribution in [0.4, 0.5) is 0 Å². The molecular weight excluding hydrogens is 256 g/mol. The number of carbonyl (C=O) groups excluding carboxylic acids is 2. The molecule has 102 valence electrons. The minimum atomic E-state index is -0.799. The number of carboxylic acids is 1. The largest absolute Gasteiger partial charge is 0.481 e. The van der Waals surface area contributed by atoms with Crippen molar-refractivity contribution in [3.63, 3.8) is 0 Å². The molecule has 18 heavy (non-hydrogen) atoms. The molecule has 0 aliphatic carbocycles. The molecular formula is C11H18N2O4S. The summed E-state index contributed by atoms with van der Waals surface area (Å²) in [6, 6.07) is 0. The van der Waals surface area contributed by atoms with Gasteiger partial charge in [0.15, 0.2) is 0 Å². The van der Waals surface area contributed by atoms with E-state index in [4.69, 9.17) is 5.11 Å². The van der Waals surface area contributed by atoms with Crippen LogP contribution in [0.2, 0.25) is 0 Å². The maximum Gasteiger partial charge on any atom is 0.303 e. The lowest BCUT2D eigenvalue weighted by molar-refractivity contribution is -0.137. The number of thioether (sulfide) groups is 1. The smallest absolute Gasteiger partial charge is 0.303 e. The number of amides is 2. The van der Waals surface area contributed by atoms with Gasteiger partial charge in [0.2, 0.25) is 12.3 Å². The van der Waals surface area contributed by atoms with E-state index in [-0.39, 0.29) is 12.3 Å². The summed E-state index contributed by atoms with van der Waals surface area (Å²) < 4.78 is 0. The lowest BCUT2D eigenvalue weighted by atomic mass is 10.3. The zero-order valence-electron chi connectivity index (χ0n) is 10.2. The molecule has 0 spiro atoms. The third kappa shape index (κ3) is 5.39. The highest BCUT2D eigenvalue weighted by Gasteiger charge is 2.19. The number of rotatable bonds is 7. The molecule has 0 aromatic rings. The van der Waals surface area contributed by atoms with Crippen molar-refractivity contribution >= 4 is 30.0 Å². The molecule has 0 aromatic carbocycles. The van der Waals surface area contributed by atoms with Gasteiger partial charge in [-0.05, 0) is 12.2 Å². The van der Waals surface area contributed by atoms with Gasteiger partial charge in [-0.3, -0.25) is 14.4 Å². The molecule has 1 aliphatic rings. The van der Waals surface area contributed by atoms with Crippen LogP contribution in [-0.2, 0) is 14.4 Å². The van der Waals surface area contributed by atoms with Gasteiger partial charge in [0.1, 0.15) is 0 Å². The Bertz CT molecular complexity index is 303. The average Bonchev–Trinajstić information content (AvgIpc) is 2.38. The second-order valence-corrected chi connectivity index (χ2v) is 5.18. The molecule has 0 aromatic heterocycles. The summed E-state index contributed by atoms with van der Waals surface area (Å²) in [4.78, 5) is 36.0. The van der Waals surface area contributed by atoms with E-state index in [9.17, 15) is 14.4 Å². The first-order valence-electron chi connectivity index (χ1n) is 5.90. The predicted molar refractivity (Wildman–Crippen MR) is 68.4 cm³/mol. The minimum absolute atomic E-state index is 0.0703. The first kappa shape index (κ1) is 14.8. The lowest BCUT2D eigenvalue weighted by Crippen LogP contribution is -2.48. The van der Waals surface area contributed by atoms with Gasteiger partial charge in [0.25, 0.3) is 0 Å². The van der Waals surface area contributed by atoms with Crippen LogP contribution in [0.5, 0.6) is 0 Å². The fourth-order valence-corrected chi connectivity index (χ4v) is 2.50. The molecule has 0 unspecified atom stereocenters. The fraction of sp³-hybridized carbons (Fsp3) is 0.727. The number of hydrogen-bond acceptors (Lipinski definition) is 4. The monoisotopic (exact) mass is 274 g/mol. The van der Waals surface area contributed by atoms with Crippen molar-refractivity contribution in [1.82, 2.24) is 9.80 Å². The minimum Gasteiger partial charge on any atom is -0.481 e. The van der Waals surface area contributed by atoms with Crippen LogP contribution in [0.1, 0.15) is 12.8 Å². The van der Waals surface area contributed by atoms with Crippen LogP contribution in [0.3, 0.4) is 0 Å². The molecule has 1 rings (SSSR count). The second kappa shape index (κ2) is 7.97. The summed E-state index contributed by atoms with van der Waals surface area (Å²) in [7, 11) is 0. The van der Waals surface area contributed by atoms with Crippen LogP contribution in [0, 0.1) is 0 Å². The SMILES string of the molecule is O=CN1CCN(C(=O)CSCCCC(=O)O)CC1. The number of aliphatic carboxylic acids is 1. The predicted octanol–water partition coefficient (Wildman–Crippen LogP) is -0.115. The summed E-state index contributed by atoms with van der Waals surface area (Å²) in [5.74, 6) is 0.348. The van der Waals surface area contributed by atoms with Crippen molar-refractivity contribution < 1.29 is 19.5 Å². The van der Waals surface area contributed by atoms with E-state index in [1.165, 1.54) is 11.8 Å². The second-order valence-electron chi connectivity index (χ2n) is 4.07. The standard InChI is InChI=1S/C11H18N2O4S/c14-9-12-3-5-13(6-4-12)10(15)8-18-7-1-2-11(16)17/h9H,1-8H2,(H,16,17). The molecule has 0 saturated carbocycles.